The van der Waals surface area contributed by atoms with E-state index in [-0.39, 0.29) is 11.3 Å². The quantitative estimate of drug-likeness (QED) is 0.849. The monoisotopic (exact) mass is 303 g/mol. The topological polar surface area (TPSA) is 45.7 Å². The summed E-state index contributed by atoms with van der Waals surface area (Å²) in [6.45, 7) is 4.37. The van der Waals surface area contributed by atoms with E-state index < -0.39 is 0 Å². The van der Waals surface area contributed by atoms with Crippen LogP contribution in [0.15, 0.2) is 24.5 Å². The molecule has 0 N–H and O–H groups in total. The van der Waals surface area contributed by atoms with Crippen LogP contribution in [0.5, 0.6) is 0 Å². The smallest absolute Gasteiger partial charge is 0.253 e. The molecule has 2 aliphatic rings. The molecule has 2 aliphatic heterocycles. The zero-order valence-corrected chi connectivity index (χ0v) is 13.5. The van der Waals surface area contributed by atoms with Gasteiger partial charge in [-0.2, -0.15) is 0 Å². The van der Waals surface area contributed by atoms with Crippen molar-refractivity contribution in [3.05, 3.63) is 30.1 Å². The third kappa shape index (κ3) is 3.01. The van der Waals surface area contributed by atoms with Gasteiger partial charge < -0.3 is 14.5 Å². The predicted octanol–water partition coefficient (Wildman–Crippen LogP) is 1.51. The maximum atomic E-state index is 12.8. The van der Waals surface area contributed by atoms with Crippen LogP contribution in [-0.4, -0.2) is 67.6 Å². The molecule has 0 aromatic carbocycles. The summed E-state index contributed by atoms with van der Waals surface area (Å²) >= 11 is 0. The number of carbonyl (C=O) groups excluding carboxylic acids is 1. The van der Waals surface area contributed by atoms with Crippen LogP contribution in [0.2, 0.25) is 0 Å². The molecule has 1 aromatic rings. The minimum absolute atomic E-state index is 0.134. The van der Waals surface area contributed by atoms with Crippen molar-refractivity contribution in [2.45, 2.75) is 12.8 Å². The number of rotatable bonds is 3. The van der Waals surface area contributed by atoms with E-state index in [0.717, 1.165) is 51.3 Å². The summed E-state index contributed by atoms with van der Waals surface area (Å²) in [6.07, 6.45) is 5.49. The first-order valence-corrected chi connectivity index (χ1v) is 8.02. The Hall–Kier alpha value is -1.46. The van der Waals surface area contributed by atoms with Crippen molar-refractivity contribution >= 4 is 5.91 Å². The SMILES string of the molecule is CN(C)C[C@H]1CN(C(=O)c2ccncc2)CC12CCOCC2. The molecule has 3 heterocycles. The molecule has 3 rings (SSSR count). The van der Waals surface area contributed by atoms with E-state index >= 15 is 0 Å². The highest BCUT2D eigenvalue weighted by molar-refractivity contribution is 5.94. The van der Waals surface area contributed by atoms with Gasteiger partial charge in [-0.1, -0.05) is 0 Å². The molecule has 0 saturated carbocycles. The first-order valence-electron chi connectivity index (χ1n) is 8.02. The van der Waals surface area contributed by atoms with E-state index in [1.807, 2.05) is 4.90 Å². The zero-order valence-electron chi connectivity index (χ0n) is 13.5. The Morgan fingerprint density at radius 1 is 1.36 bits per heavy atom. The van der Waals surface area contributed by atoms with Crippen LogP contribution in [0.1, 0.15) is 23.2 Å². The van der Waals surface area contributed by atoms with Crippen LogP contribution in [0.3, 0.4) is 0 Å². The molecule has 0 unspecified atom stereocenters. The fourth-order valence-corrected chi connectivity index (χ4v) is 3.90. The zero-order chi connectivity index (χ0) is 15.6. The fourth-order valence-electron chi connectivity index (χ4n) is 3.90. The average Bonchev–Trinajstić information content (AvgIpc) is 2.85. The molecule has 22 heavy (non-hydrogen) atoms. The second kappa shape index (κ2) is 6.34. The van der Waals surface area contributed by atoms with E-state index in [1.54, 1.807) is 24.5 Å². The maximum Gasteiger partial charge on any atom is 0.253 e. The molecule has 5 nitrogen and oxygen atoms in total. The Kier molecular flexibility index (Phi) is 4.45. The van der Waals surface area contributed by atoms with E-state index in [1.165, 1.54) is 0 Å². The van der Waals surface area contributed by atoms with E-state index in [9.17, 15) is 4.79 Å². The number of aromatic nitrogens is 1. The summed E-state index contributed by atoms with van der Waals surface area (Å²) in [6, 6.07) is 3.61. The van der Waals surface area contributed by atoms with Crippen molar-refractivity contribution in [3.63, 3.8) is 0 Å². The van der Waals surface area contributed by atoms with Crippen molar-refractivity contribution in [2.24, 2.45) is 11.3 Å². The summed E-state index contributed by atoms with van der Waals surface area (Å²) in [4.78, 5) is 21.0. The van der Waals surface area contributed by atoms with Gasteiger partial charge in [0, 0.05) is 50.8 Å². The molecule has 2 fully saturated rings. The molecule has 1 amide bonds. The lowest BCUT2D eigenvalue weighted by Crippen LogP contribution is -2.40. The van der Waals surface area contributed by atoms with Gasteiger partial charge in [0.2, 0.25) is 0 Å². The highest BCUT2D eigenvalue weighted by atomic mass is 16.5. The number of pyridine rings is 1. The number of nitrogens with zero attached hydrogens (tertiary/aromatic N) is 3. The number of likely N-dealkylation sites (tertiary alicyclic amines) is 1. The summed E-state index contributed by atoms with van der Waals surface area (Å²) in [5.41, 5.74) is 0.966. The fraction of sp³-hybridized carbons (Fsp3) is 0.647. The molecule has 1 atom stereocenters. The highest BCUT2D eigenvalue weighted by Crippen LogP contribution is 2.44. The molecule has 0 bridgehead atoms. The largest absolute Gasteiger partial charge is 0.381 e. The van der Waals surface area contributed by atoms with Gasteiger partial charge in [-0.05, 0) is 50.4 Å². The van der Waals surface area contributed by atoms with Crippen LogP contribution in [-0.2, 0) is 4.74 Å². The third-order valence-corrected chi connectivity index (χ3v) is 5.10. The van der Waals surface area contributed by atoms with Crippen molar-refractivity contribution < 1.29 is 9.53 Å². The molecule has 0 radical (unpaired) electrons. The van der Waals surface area contributed by atoms with Crippen LogP contribution in [0.25, 0.3) is 0 Å². The van der Waals surface area contributed by atoms with Crippen molar-refractivity contribution in [3.8, 4) is 0 Å². The van der Waals surface area contributed by atoms with Crippen LogP contribution in [0, 0.1) is 11.3 Å². The Balaban J connectivity index is 1.79. The van der Waals surface area contributed by atoms with Crippen molar-refractivity contribution in [2.75, 3.05) is 46.9 Å². The highest BCUT2D eigenvalue weighted by Gasteiger charge is 2.48. The Labute approximate surface area is 132 Å². The Bertz CT molecular complexity index is 512. The Morgan fingerprint density at radius 3 is 2.68 bits per heavy atom. The van der Waals surface area contributed by atoms with E-state index in [4.69, 9.17) is 4.74 Å². The molecule has 1 aromatic heterocycles. The van der Waals surface area contributed by atoms with Crippen LogP contribution < -0.4 is 0 Å². The molecular weight excluding hydrogens is 278 g/mol. The first kappa shape index (κ1) is 15.4. The number of carbonyl (C=O) groups is 1. The molecule has 1 spiro atoms. The normalized spacial score (nSPS) is 24.1. The minimum atomic E-state index is 0.134. The second-order valence-corrected chi connectivity index (χ2v) is 6.86. The summed E-state index contributed by atoms with van der Waals surface area (Å²) in [5.74, 6) is 0.659. The maximum absolute atomic E-state index is 12.8. The van der Waals surface area contributed by atoms with Gasteiger partial charge in [0.15, 0.2) is 0 Å². The van der Waals surface area contributed by atoms with Gasteiger partial charge in [0.25, 0.3) is 5.91 Å². The third-order valence-electron chi connectivity index (χ3n) is 5.10. The van der Waals surface area contributed by atoms with E-state index in [0.29, 0.717) is 5.92 Å². The number of hydrogen-bond acceptors (Lipinski definition) is 4. The van der Waals surface area contributed by atoms with E-state index in [2.05, 4.69) is 24.0 Å². The summed E-state index contributed by atoms with van der Waals surface area (Å²) in [7, 11) is 4.22. The Morgan fingerprint density at radius 2 is 2.05 bits per heavy atom. The molecule has 0 aliphatic carbocycles. The van der Waals surface area contributed by atoms with Crippen LogP contribution in [0.4, 0.5) is 0 Å². The lowest BCUT2D eigenvalue weighted by molar-refractivity contribution is -0.00451. The molecule has 5 heteroatoms. The molecular formula is C17H25N3O2. The predicted molar refractivity (Wildman–Crippen MR) is 84.7 cm³/mol. The lowest BCUT2D eigenvalue weighted by atomic mass is 9.72. The summed E-state index contributed by atoms with van der Waals surface area (Å²) in [5, 5.41) is 0. The second-order valence-electron chi connectivity index (χ2n) is 6.86. The number of amides is 1. The van der Waals surface area contributed by atoms with Gasteiger partial charge in [0.1, 0.15) is 0 Å². The van der Waals surface area contributed by atoms with Crippen molar-refractivity contribution in [1.29, 1.82) is 0 Å². The van der Waals surface area contributed by atoms with Crippen LogP contribution >= 0.6 is 0 Å². The van der Waals surface area contributed by atoms with Gasteiger partial charge in [-0.25, -0.2) is 0 Å². The average molecular weight is 303 g/mol. The minimum Gasteiger partial charge on any atom is -0.381 e. The summed E-state index contributed by atoms with van der Waals surface area (Å²) < 4.78 is 5.56. The van der Waals surface area contributed by atoms with Crippen molar-refractivity contribution in [1.82, 2.24) is 14.8 Å². The van der Waals surface area contributed by atoms with Gasteiger partial charge in [-0.15, -0.1) is 0 Å². The van der Waals surface area contributed by atoms with Gasteiger partial charge in [-0.3, -0.25) is 9.78 Å². The standard InChI is InChI=1S/C17H25N3O2/c1-19(2)11-15-12-20(13-17(15)5-9-22-10-6-17)16(21)14-3-7-18-8-4-14/h3-4,7-8,15H,5-6,9-13H2,1-2H3/t15-/m0/s1. The molecule has 2 saturated heterocycles. The lowest BCUT2D eigenvalue weighted by Gasteiger charge is -2.38. The number of ether oxygens (including phenoxy) is 1. The van der Waals surface area contributed by atoms with Gasteiger partial charge in [0.05, 0.1) is 0 Å². The first-order chi connectivity index (χ1) is 10.6. The number of hydrogen-bond donors (Lipinski definition) is 0. The van der Waals surface area contributed by atoms with Gasteiger partial charge >= 0.3 is 0 Å². The molecule has 120 valence electrons.